The van der Waals surface area contributed by atoms with Gasteiger partial charge in [-0.1, -0.05) is 18.2 Å². The monoisotopic (exact) mass is 333 g/mol. The fraction of sp³-hybridized carbons (Fsp3) is 0.526. The molecule has 24 heavy (non-hydrogen) atoms. The van der Waals surface area contributed by atoms with E-state index in [0.717, 1.165) is 0 Å². The Morgan fingerprint density at radius 2 is 1.54 bits per heavy atom. The van der Waals surface area contributed by atoms with E-state index in [1.807, 2.05) is 0 Å². The third kappa shape index (κ3) is 4.43. The first-order valence-electron chi connectivity index (χ1n) is 8.12. The minimum Gasteiger partial charge on any atom is -0.462 e. The van der Waals surface area contributed by atoms with Crippen LogP contribution in [0.3, 0.4) is 0 Å². The molecule has 0 fully saturated rings. The van der Waals surface area contributed by atoms with Crippen molar-refractivity contribution in [3.05, 3.63) is 37.5 Å². The quantitative estimate of drug-likeness (QED) is 0.504. The predicted molar refractivity (Wildman–Crippen MR) is 94.9 cm³/mol. The molecular weight excluding hydrogens is 306 g/mol. The van der Waals surface area contributed by atoms with Crippen molar-refractivity contribution in [1.29, 1.82) is 0 Å². The second-order valence-corrected chi connectivity index (χ2v) is 6.45. The number of nitrogens with zero attached hydrogens (tertiary/aromatic N) is 1. The van der Waals surface area contributed by atoms with Gasteiger partial charge in [0.2, 0.25) is 0 Å². The molecule has 132 valence electrons. The number of hydrogen-bond acceptors (Lipinski definition) is 5. The summed E-state index contributed by atoms with van der Waals surface area (Å²) in [5, 5.41) is 0. The number of carbonyl (C=O) groups is 2. The number of carbonyl (C=O) groups excluding carboxylic acids is 2. The number of hydrogen-bond donors (Lipinski definition) is 0. The van der Waals surface area contributed by atoms with Gasteiger partial charge in [0, 0.05) is 12.6 Å². The molecule has 1 aliphatic rings. The van der Waals surface area contributed by atoms with Crippen LogP contribution in [0.1, 0.15) is 40.5 Å². The van der Waals surface area contributed by atoms with Gasteiger partial charge >= 0.3 is 11.9 Å². The summed E-state index contributed by atoms with van der Waals surface area (Å²) >= 11 is 0. The highest BCUT2D eigenvalue weighted by molar-refractivity contribution is 6.01. The highest BCUT2D eigenvalue weighted by Crippen LogP contribution is 2.34. The van der Waals surface area contributed by atoms with Crippen molar-refractivity contribution in [2.75, 3.05) is 0 Å². The average molecular weight is 333 g/mol. The third-order valence-corrected chi connectivity index (χ3v) is 3.54. The van der Waals surface area contributed by atoms with Crippen molar-refractivity contribution in [2.24, 2.45) is 10.4 Å². The molecule has 1 rings (SSSR count). The van der Waals surface area contributed by atoms with Gasteiger partial charge in [-0.15, -0.1) is 13.2 Å². The Bertz CT molecular complexity index is 496. The Hall–Kier alpha value is -2.17. The van der Waals surface area contributed by atoms with Gasteiger partial charge in [-0.25, -0.2) is 4.79 Å². The van der Waals surface area contributed by atoms with Crippen LogP contribution in [0.2, 0.25) is 0 Å². The van der Waals surface area contributed by atoms with Gasteiger partial charge < -0.3 is 9.47 Å². The van der Waals surface area contributed by atoms with E-state index >= 15 is 0 Å². The number of rotatable bonds is 8. The molecule has 5 heteroatoms. The molecule has 2 unspecified atom stereocenters. The van der Waals surface area contributed by atoms with Crippen LogP contribution in [0.5, 0.6) is 0 Å². The van der Waals surface area contributed by atoms with Crippen LogP contribution in [0.4, 0.5) is 0 Å². The van der Waals surface area contributed by atoms with E-state index in [-0.39, 0.29) is 18.6 Å². The second-order valence-electron chi connectivity index (χ2n) is 6.45. The Morgan fingerprint density at radius 3 is 1.96 bits per heavy atom. The second kappa shape index (κ2) is 8.08. The Balaban J connectivity index is 3.18. The first-order chi connectivity index (χ1) is 11.2. The highest BCUT2D eigenvalue weighted by atomic mass is 16.5. The van der Waals surface area contributed by atoms with E-state index in [2.05, 4.69) is 18.2 Å². The summed E-state index contributed by atoms with van der Waals surface area (Å²) in [6, 6.07) is 0. The van der Waals surface area contributed by atoms with Gasteiger partial charge in [0.05, 0.1) is 12.2 Å². The topological polar surface area (TPSA) is 65.0 Å². The van der Waals surface area contributed by atoms with E-state index in [1.54, 1.807) is 52.0 Å². The van der Waals surface area contributed by atoms with Crippen molar-refractivity contribution in [2.45, 2.75) is 58.3 Å². The zero-order chi connectivity index (χ0) is 18.4. The van der Waals surface area contributed by atoms with E-state index in [0.29, 0.717) is 6.42 Å². The van der Waals surface area contributed by atoms with Crippen molar-refractivity contribution < 1.29 is 19.1 Å². The number of esters is 2. The molecule has 0 radical (unpaired) electrons. The van der Waals surface area contributed by atoms with E-state index in [4.69, 9.17) is 9.47 Å². The van der Waals surface area contributed by atoms with Crippen LogP contribution < -0.4 is 0 Å². The fourth-order valence-electron chi connectivity index (χ4n) is 2.35. The molecule has 0 amide bonds. The summed E-state index contributed by atoms with van der Waals surface area (Å²) in [5.41, 5.74) is -2.23. The molecule has 2 atom stereocenters. The summed E-state index contributed by atoms with van der Waals surface area (Å²) in [7, 11) is 0. The largest absolute Gasteiger partial charge is 0.462 e. The molecule has 0 saturated carbocycles. The number of dihydropyridines is 1. The van der Waals surface area contributed by atoms with Crippen molar-refractivity contribution >= 4 is 18.2 Å². The first kappa shape index (κ1) is 19.9. The smallest absolute Gasteiger partial charge is 0.338 e. The standard InChI is InChI=1S/C19H27NO4/c1-7-9-18(16(21)23-14(3)4)11-12-19(10-8-2,20-13-18)17(22)24-15(5)6/h7-8,11-15H,1-2,9-10H2,3-6H3. The lowest BCUT2D eigenvalue weighted by Gasteiger charge is -2.33. The summed E-state index contributed by atoms with van der Waals surface area (Å²) in [6.45, 7) is 14.5. The van der Waals surface area contributed by atoms with E-state index < -0.39 is 22.9 Å². The maximum absolute atomic E-state index is 12.5. The summed E-state index contributed by atoms with van der Waals surface area (Å²) < 4.78 is 10.6. The molecule has 0 N–H and O–H groups in total. The van der Waals surface area contributed by atoms with Gasteiger partial charge in [0.1, 0.15) is 5.41 Å². The summed E-state index contributed by atoms with van der Waals surface area (Å²) in [5.74, 6) is -0.879. The maximum Gasteiger partial charge on any atom is 0.338 e. The molecule has 0 aromatic carbocycles. The number of allylic oxidation sites excluding steroid dienone is 1. The molecular formula is C19H27NO4. The molecule has 0 spiro atoms. The predicted octanol–water partition coefficient (Wildman–Crippen LogP) is 3.41. The van der Waals surface area contributed by atoms with Crippen LogP contribution in [0.15, 0.2) is 42.5 Å². The normalized spacial score (nSPS) is 25.6. The zero-order valence-electron chi connectivity index (χ0n) is 15.0. The molecule has 0 saturated heterocycles. The minimum absolute atomic E-state index is 0.244. The lowest BCUT2D eigenvalue weighted by Crippen LogP contribution is -2.44. The van der Waals surface area contributed by atoms with Gasteiger partial charge in [0.15, 0.2) is 5.54 Å². The van der Waals surface area contributed by atoms with E-state index in [1.165, 1.54) is 6.21 Å². The van der Waals surface area contributed by atoms with Crippen molar-refractivity contribution in [3.8, 4) is 0 Å². The third-order valence-electron chi connectivity index (χ3n) is 3.54. The van der Waals surface area contributed by atoms with Crippen LogP contribution in [-0.4, -0.2) is 35.9 Å². The molecule has 1 aliphatic heterocycles. The van der Waals surface area contributed by atoms with Crippen LogP contribution in [-0.2, 0) is 19.1 Å². The minimum atomic E-state index is -1.19. The maximum atomic E-state index is 12.5. The molecule has 0 aromatic heterocycles. The van der Waals surface area contributed by atoms with Crippen LogP contribution in [0.25, 0.3) is 0 Å². The van der Waals surface area contributed by atoms with Crippen LogP contribution in [0, 0.1) is 5.41 Å². The highest BCUT2D eigenvalue weighted by Gasteiger charge is 2.45. The molecule has 5 nitrogen and oxygen atoms in total. The summed E-state index contributed by atoms with van der Waals surface area (Å²) in [4.78, 5) is 29.4. The molecule has 0 bridgehead atoms. The molecule has 1 heterocycles. The first-order valence-corrected chi connectivity index (χ1v) is 8.12. The SMILES string of the molecule is C=CCC1(C(=O)OC(C)C)C=CC(CC=C)(C(=O)OC(C)C)N=C1. The lowest BCUT2D eigenvalue weighted by atomic mass is 9.79. The summed E-state index contributed by atoms with van der Waals surface area (Å²) in [6.07, 6.45) is 8.12. The molecule has 0 aromatic rings. The van der Waals surface area contributed by atoms with E-state index in [9.17, 15) is 9.59 Å². The fourth-order valence-corrected chi connectivity index (χ4v) is 2.35. The Kier molecular flexibility index (Phi) is 6.70. The van der Waals surface area contributed by atoms with Crippen molar-refractivity contribution in [3.63, 3.8) is 0 Å². The van der Waals surface area contributed by atoms with Gasteiger partial charge in [-0.3, -0.25) is 9.79 Å². The molecule has 0 aliphatic carbocycles. The number of ether oxygens (including phenoxy) is 2. The van der Waals surface area contributed by atoms with Crippen LogP contribution >= 0.6 is 0 Å². The Morgan fingerprint density at radius 1 is 1.00 bits per heavy atom. The number of aliphatic imine (C=N–C) groups is 1. The zero-order valence-corrected chi connectivity index (χ0v) is 15.0. The Labute approximate surface area is 144 Å². The lowest BCUT2D eigenvalue weighted by molar-refractivity contribution is -0.155. The average Bonchev–Trinajstić information content (AvgIpc) is 2.48. The van der Waals surface area contributed by atoms with Crippen molar-refractivity contribution in [1.82, 2.24) is 0 Å². The van der Waals surface area contributed by atoms with Gasteiger partial charge in [-0.05, 0) is 40.2 Å². The van der Waals surface area contributed by atoms with Gasteiger partial charge in [-0.2, -0.15) is 0 Å². The van der Waals surface area contributed by atoms with Gasteiger partial charge in [0.25, 0.3) is 0 Å².